The van der Waals surface area contributed by atoms with Gasteiger partial charge in [-0.3, -0.25) is 38.4 Å². The molecule has 0 spiro atoms. The Morgan fingerprint density at radius 2 is 0.449 bits per heavy atom. The van der Waals surface area contributed by atoms with Gasteiger partial charge in [0.1, 0.15) is 45.7 Å². The maximum Gasteiger partial charge on any atom is 0.328 e. The van der Waals surface area contributed by atoms with E-state index in [0.29, 0.717) is 235 Å². The van der Waals surface area contributed by atoms with E-state index in [1.807, 2.05) is 0 Å². The van der Waals surface area contributed by atoms with Crippen LogP contribution in [0.25, 0.3) is 0 Å². The molecule has 35 nitrogen and oxygen atoms in total. The first-order valence-electron chi connectivity index (χ1n) is 38.1. The predicted octanol–water partition coefficient (Wildman–Crippen LogP) is 0.00480. The number of ether oxygens (including phenoxy) is 19. The van der Waals surface area contributed by atoms with Gasteiger partial charge in [-0.25, -0.2) is 4.79 Å². The molecule has 0 aromatic rings. The first-order valence-corrected chi connectivity index (χ1v) is 38.1. The Bertz CT molecular complexity index is 2150. The molecule has 0 fully saturated rings. The molecular weight excluding hydrogens is 1410 g/mol. The number of carbonyl (C=O) groups excluding carboxylic acids is 9. The standard InChI is InChI=1S/C72H135N7O28/c1-89-72(88)66(79-71(87)60-107-54-46-97-38-32-91-26-12-20-68(84)65(78-70(86)59-106-53-48-101-42-36-95-30-24-76)17-9-3-6-14-62(81)56-104-51-45-99-40-34-93-28-22-74)18-10-4-7-15-63(82)57-102-49-43-96-37-31-90-25-11-19-67(83)64(77-69(85)58-105-52-47-100-41-35-94-29-23-75)16-8-2-5-13-61(80)55-103-50-44-98-39-33-92-27-21-73/h64-66H,2-60,73-76H2,1H3,(H,77,85)(H,78,86)(H,79,87). The molecule has 0 aliphatic heterocycles. The molecule has 0 radical (unpaired) electrons. The van der Waals surface area contributed by atoms with E-state index in [-0.39, 0.29) is 180 Å². The Hall–Kier alpha value is -4.65. The SMILES string of the molecule is COC(=O)C(CCCCCC(=O)COCCOCCOCCCC(=O)C(CCCCCC(=O)COCCOCCOCCN)NC(=O)COCCOCCOCCN)NC(=O)COCCOCCOCCCC(=O)C(CCCCCC(=O)COCCOCCOCCN)NC(=O)COCCOCCOCCN. The Morgan fingerprint density at radius 1 is 0.234 bits per heavy atom. The van der Waals surface area contributed by atoms with Crippen molar-refractivity contribution in [3.05, 3.63) is 0 Å². The molecule has 3 unspecified atom stereocenters. The number of hydrogen-bond donors (Lipinski definition) is 7. The average molecular weight is 1550 g/mol. The fraction of sp³-hybridized carbons (Fsp3) is 0.875. The molecule has 0 aromatic heterocycles. The molecule has 107 heavy (non-hydrogen) atoms. The summed E-state index contributed by atoms with van der Waals surface area (Å²) >= 11 is 0. The molecule has 3 amide bonds. The second-order valence-corrected chi connectivity index (χ2v) is 24.3. The van der Waals surface area contributed by atoms with Crippen LogP contribution in [-0.4, -0.2) is 342 Å². The van der Waals surface area contributed by atoms with Gasteiger partial charge in [-0.05, 0) is 51.4 Å². The fourth-order valence-corrected chi connectivity index (χ4v) is 9.56. The highest BCUT2D eigenvalue weighted by Crippen LogP contribution is 2.13. The van der Waals surface area contributed by atoms with E-state index < -0.39 is 41.8 Å². The van der Waals surface area contributed by atoms with Gasteiger partial charge in [0.05, 0.1) is 204 Å². The Kier molecular flexibility index (Phi) is 77.3. The molecule has 626 valence electrons. The lowest BCUT2D eigenvalue weighted by molar-refractivity contribution is -0.146. The second-order valence-electron chi connectivity index (χ2n) is 24.3. The quantitative estimate of drug-likeness (QED) is 0.0311. The van der Waals surface area contributed by atoms with Crippen molar-refractivity contribution in [2.24, 2.45) is 22.9 Å². The minimum Gasteiger partial charge on any atom is -0.467 e. The highest BCUT2D eigenvalue weighted by molar-refractivity contribution is 5.90. The molecule has 0 bridgehead atoms. The topological polar surface area (TPSA) is 469 Å². The van der Waals surface area contributed by atoms with Crippen molar-refractivity contribution in [1.82, 2.24) is 16.0 Å². The number of nitrogens with two attached hydrogens (primary N) is 4. The third-order valence-electron chi connectivity index (χ3n) is 15.0. The van der Waals surface area contributed by atoms with Crippen molar-refractivity contribution in [3.63, 3.8) is 0 Å². The molecule has 0 saturated heterocycles. The Balaban J connectivity index is 4.46. The smallest absolute Gasteiger partial charge is 0.328 e. The Labute approximate surface area is 633 Å². The molecule has 11 N–H and O–H groups in total. The van der Waals surface area contributed by atoms with Gasteiger partial charge in [0.25, 0.3) is 0 Å². The summed E-state index contributed by atoms with van der Waals surface area (Å²) in [4.78, 5) is 114. The van der Waals surface area contributed by atoms with Crippen LogP contribution >= 0.6 is 0 Å². The van der Waals surface area contributed by atoms with Crippen LogP contribution in [0.2, 0.25) is 0 Å². The van der Waals surface area contributed by atoms with Crippen LogP contribution in [0.1, 0.15) is 122 Å². The lowest BCUT2D eigenvalue weighted by atomic mass is 10.00. The van der Waals surface area contributed by atoms with E-state index in [9.17, 15) is 43.2 Å². The molecule has 0 heterocycles. The first kappa shape index (κ1) is 102. The number of Topliss-reactive ketones (excluding diaryl/α,β-unsaturated/α-hetero) is 5. The minimum atomic E-state index is -0.898. The minimum absolute atomic E-state index is 0.00751. The lowest BCUT2D eigenvalue weighted by Gasteiger charge is -2.18. The average Bonchev–Trinajstić information content (AvgIpc) is 0.949. The van der Waals surface area contributed by atoms with Crippen LogP contribution in [0, 0.1) is 0 Å². The largest absolute Gasteiger partial charge is 0.467 e. The van der Waals surface area contributed by atoms with E-state index in [4.69, 9.17) is 113 Å². The molecule has 0 aliphatic carbocycles. The predicted molar refractivity (Wildman–Crippen MR) is 392 cm³/mol. The van der Waals surface area contributed by atoms with Crippen LogP contribution in [0.4, 0.5) is 0 Å². The van der Waals surface area contributed by atoms with Crippen molar-refractivity contribution in [3.8, 4) is 0 Å². The van der Waals surface area contributed by atoms with E-state index in [0.717, 1.165) is 0 Å². The third-order valence-corrected chi connectivity index (χ3v) is 15.0. The van der Waals surface area contributed by atoms with Gasteiger partial charge in [-0.2, -0.15) is 0 Å². The summed E-state index contributed by atoms with van der Waals surface area (Å²) in [5, 5.41) is 8.26. The number of nitrogens with one attached hydrogen (secondary N) is 3. The molecule has 0 rings (SSSR count). The van der Waals surface area contributed by atoms with Crippen LogP contribution < -0.4 is 38.9 Å². The first-order chi connectivity index (χ1) is 52.3. The van der Waals surface area contributed by atoms with Crippen molar-refractivity contribution in [2.45, 2.75) is 140 Å². The molecule has 35 heteroatoms. The molecule has 0 saturated carbocycles. The summed E-state index contributed by atoms with van der Waals surface area (Å²) in [6.07, 6.45) is 8.71. The van der Waals surface area contributed by atoms with E-state index in [2.05, 4.69) is 16.0 Å². The monoisotopic (exact) mass is 1550 g/mol. The van der Waals surface area contributed by atoms with Crippen LogP contribution in [0.5, 0.6) is 0 Å². The fourth-order valence-electron chi connectivity index (χ4n) is 9.56. The summed E-state index contributed by atoms with van der Waals surface area (Å²) in [6.45, 7) is 10.4. The van der Waals surface area contributed by atoms with Crippen molar-refractivity contribution in [1.29, 1.82) is 0 Å². The highest BCUT2D eigenvalue weighted by atomic mass is 16.6. The molecule has 3 atom stereocenters. The third kappa shape index (κ3) is 72.6. The van der Waals surface area contributed by atoms with Gasteiger partial charge in [-0.1, -0.05) is 38.5 Å². The van der Waals surface area contributed by atoms with Crippen molar-refractivity contribution >= 4 is 52.6 Å². The summed E-state index contributed by atoms with van der Waals surface area (Å²) in [6, 6.07) is -2.37. The number of unbranched alkanes of at least 4 members (excludes halogenated alkanes) is 6. The number of rotatable bonds is 88. The second kappa shape index (κ2) is 80.9. The van der Waals surface area contributed by atoms with Crippen LogP contribution in [-0.2, 0) is 133 Å². The van der Waals surface area contributed by atoms with Crippen LogP contribution in [0.3, 0.4) is 0 Å². The zero-order valence-corrected chi connectivity index (χ0v) is 64.2. The number of ketones is 5. The molecule has 0 aliphatic rings. The van der Waals surface area contributed by atoms with Gasteiger partial charge >= 0.3 is 5.97 Å². The maximum atomic E-state index is 13.3. The zero-order valence-electron chi connectivity index (χ0n) is 64.2. The lowest BCUT2D eigenvalue weighted by Crippen LogP contribution is -2.43. The number of amides is 3. The van der Waals surface area contributed by atoms with Gasteiger partial charge in [0, 0.05) is 71.5 Å². The van der Waals surface area contributed by atoms with Crippen molar-refractivity contribution < 1.29 is 133 Å². The number of esters is 1. The van der Waals surface area contributed by atoms with Gasteiger partial charge in [0.15, 0.2) is 28.9 Å². The Morgan fingerprint density at radius 3 is 0.701 bits per heavy atom. The van der Waals surface area contributed by atoms with E-state index >= 15 is 0 Å². The van der Waals surface area contributed by atoms with Crippen molar-refractivity contribution in [2.75, 3.05) is 271 Å². The van der Waals surface area contributed by atoms with E-state index in [1.165, 1.54) is 7.11 Å². The number of methoxy groups -OCH3 is 1. The summed E-state index contributed by atoms with van der Waals surface area (Å²) in [5.41, 5.74) is 21.6. The van der Waals surface area contributed by atoms with Gasteiger partial charge in [0.2, 0.25) is 17.7 Å². The zero-order chi connectivity index (χ0) is 78.2. The highest BCUT2D eigenvalue weighted by Gasteiger charge is 2.24. The van der Waals surface area contributed by atoms with Gasteiger partial charge < -0.3 is 129 Å². The normalized spacial score (nSPS) is 12.3. The summed E-state index contributed by atoms with van der Waals surface area (Å²) < 4.78 is 103. The molecule has 0 aromatic carbocycles. The summed E-state index contributed by atoms with van der Waals surface area (Å²) in [5.74, 6) is -2.40. The number of carbonyl (C=O) groups is 9. The van der Waals surface area contributed by atoms with Gasteiger partial charge in [-0.15, -0.1) is 0 Å². The summed E-state index contributed by atoms with van der Waals surface area (Å²) in [7, 11) is 1.23. The number of hydrogen-bond acceptors (Lipinski definition) is 32. The van der Waals surface area contributed by atoms with Crippen LogP contribution in [0.15, 0.2) is 0 Å². The maximum absolute atomic E-state index is 13.3. The molecular formula is C72H135N7O28. The van der Waals surface area contributed by atoms with E-state index in [1.54, 1.807) is 0 Å².